The zero-order valence-corrected chi connectivity index (χ0v) is 22.5. The number of nitrogens with zero attached hydrogens (tertiary/aromatic N) is 4. The zero-order valence-electron chi connectivity index (χ0n) is 22.5. The summed E-state index contributed by atoms with van der Waals surface area (Å²) in [5, 5.41) is 17.3. The van der Waals surface area contributed by atoms with Crippen LogP contribution in [-0.4, -0.2) is 36.9 Å². The summed E-state index contributed by atoms with van der Waals surface area (Å²) in [5.74, 6) is 0.472. The summed E-state index contributed by atoms with van der Waals surface area (Å²) >= 11 is 0. The molecule has 2 aromatic carbocycles. The van der Waals surface area contributed by atoms with Gasteiger partial charge in [0.2, 0.25) is 5.82 Å². The molecule has 9 heteroatoms. The number of para-hydroxylation sites is 1. The Bertz CT molecular complexity index is 1470. The number of hydrogen-bond donors (Lipinski definition) is 2. The molecule has 0 unspecified atom stereocenters. The highest BCUT2D eigenvalue weighted by atomic mass is 16.6. The lowest BCUT2D eigenvalue weighted by molar-refractivity contribution is 0.0523. The van der Waals surface area contributed by atoms with Crippen LogP contribution in [-0.2, 0) is 17.7 Å². The molecular formula is C29H34N6O3. The lowest BCUT2D eigenvalue weighted by Crippen LogP contribution is -2.35. The molecule has 0 radical (unpaired) electrons. The van der Waals surface area contributed by atoms with Crippen molar-refractivity contribution >= 4 is 6.09 Å². The van der Waals surface area contributed by atoms with Gasteiger partial charge in [0.15, 0.2) is 0 Å². The van der Waals surface area contributed by atoms with Crippen molar-refractivity contribution in [3.05, 3.63) is 81.8 Å². The van der Waals surface area contributed by atoms with Crippen molar-refractivity contribution in [1.82, 2.24) is 30.5 Å². The van der Waals surface area contributed by atoms with E-state index in [2.05, 4.69) is 32.9 Å². The monoisotopic (exact) mass is 514 g/mol. The Morgan fingerprint density at radius 3 is 2.39 bits per heavy atom. The molecule has 2 N–H and O–H groups in total. The lowest BCUT2D eigenvalue weighted by Gasteiger charge is -2.22. The Morgan fingerprint density at radius 1 is 1.05 bits per heavy atom. The normalized spacial score (nSPS) is 11.4. The van der Waals surface area contributed by atoms with Gasteiger partial charge in [-0.05, 0) is 69.0 Å². The van der Waals surface area contributed by atoms with Gasteiger partial charge in [0.05, 0.1) is 12.2 Å². The number of carbonyl (C=O) groups excluding carboxylic acids is 1. The number of hydrogen-bond acceptors (Lipinski definition) is 6. The van der Waals surface area contributed by atoms with Gasteiger partial charge in [0.25, 0.3) is 5.56 Å². The fourth-order valence-corrected chi connectivity index (χ4v) is 4.42. The maximum atomic E-state index is 14.1. The van der Waals surface area contributed by atoms with E-state index >= 15 is 0 Å². The summed E-state index contributed by atoms with van der Waals surface area (Å²) in [5.41, 5.74) is 4.75. The molecule has 9 nitrogen and oxygen atoms in total. The van der Waals surface area contributed by atoms with Crippen LogP contribution in [0.5, 0.6) is 0 Å². The number of amides is 1. The molecule has 2 aromatic heterocycles. The van der Waals surface area contributed by atoms with Gasteiger partial charge in [-0.1, -0.05) is 55.8 Å². The number of rotatable bonds is 8. The predicted octanol–water partition coefficient (Wildman–Crippen LogP) is 5.36. The van der Waals surface area contributed by atoms with E-state index in [-0.39, 0.29) is 12.1 Å². The molecule has 0 saturated carbocycles. The van der Waals surface area contributed by atoms with Crippen molar-refractivity contribution in [2.75, 3.05) is 0 Å². The van der Waals surface area contributed by atoms with E-state index in [4.69, 9.17) is 4.74 Å². The summed E-state index contributed by atoms with van der Waals surface area (Å²) in [6.45, 7) is 9.51. The SMILES string of the molecule is CCCCc1cc(C)c(CNC(=O)OC(C)(C)C)c(=O)n1-c1ccccc1-c1ccccc1-c1nn[nH]n1. The standard InChI is InChI=1S/C29H34N6O3/c1-6-7-12-20-17-19(2)24(18-30-28(37)38-29(3,4)5)27(36)35(20)25-16-11-10-14-22(25)21-13-8-9-15-23(21)26-31-33-34-32-26/h8-11,13-17H,6-7,12,18H2,1-5H3,(H,30,37)(H,31,32,33,34). The van der Waals surface area contributed by atoms with Crippen LogP contribution in [0.3, 0.4) is 0 Å². The Labute approximate surface area is 222 Å². The zero-order chi connectivity index (χ0) is 27.3. The number of carbonyl (C=O) groups is 1. The van der Waals surface area contributed by atoms with Crippen LogP contribution in [0.2, 0.25) is 0 Å². The average Bonchev–Trinajstić information content (AvgIpc) is 3.41. The molecule has 2 heterocycles. The number of alkyl carbamates (subject to hydrolysis) is 1. The first-order chi connectivity index (χ1) is 18.2. The third kappa shape index (κ3) is 5.99. The Balaban J connectivity index is 1.86. The second-order valence-corrected chi connectivity index (χ2v) is 10.2. The van der Waals surface area contributed by atoms with Gasteiger partial charge < -0.3 is 10.1 Å². The predicted molar refractivity (Wildman–Crippen MR) is 147 cm³/mol. The van der Waals surface area contributed by atoms with Gasteiger partial charge in [0, 0.05) is 22.4 Å². The smallest absolute Gasteiger partial charge is 0.407 e. The van der Waals surface area contributed by atoms with Gasteiger partial charge in [-0.15, -0.1) is 10.2 Å². The molecule has 0 fully saturated rings. The van der Waals surface area contributed by atoms with Gasteiger partial charge >= 0.3 is 6.09 Å². The number of nitrogens with one attached hydrogen (secondary N) is 2. The van der Waals surface area contributed by atoms with Crippen LogP contribution in [0.25, 0.3) is 28.2 Å². The number of tetrazole rings is 1. The van der Waals surface area contributed by atoms with E-state index in [0.29, 0.717) is 11.4 Å². The second-order valence-electron chi connectivity index (χ2n) is 10.2. The summed E-state index contributed by atoms with van der Waals surface area (Å²) in [6, 6.07) is 17.6. The van der Waals surface area contributed by atoms with Gasteiger partial charge in [-0.25, -0.2) is 4.79 Å². The number of unbranched alkanes of at least 4 members (excludes halogenated alkanes) is 1. The topological polar surface area (TPSA) is 115 Å². The van der Waals surface area contributed by atoms with Gasteiger partial charge in [-0.2, -0.15) is 5.21 Å². The third-order valence-corrected chi connectivity index (χ3v) is 6.15. The Hall–Kier alpha value is -4.27. The van der Waals surface area contributed by atoms with Crippen molar-refractivity contribution in [1.29, 1.82) is 0 Å². The van der Waals surface area contributed by atoms with Crippen LogP contribution < -0.4 is 10.9 Å². The Morgan fingerprint density at radius 2 is 1.74 bits per heavy atom. The molecular weight excluding hydrogens is 480 g/mol. The fraction of sp³-hybridized carbons (Fsp3) is 0.345. The minimum atomic E-state index is -0.631. The molecule has 0 spiro atoms. The van der Waals surface area contributed by atoms with E-state index < -0.39 is 11.7 Å². The van der Waals surface area contributed by atoms with E-state index in [1.807, 2.05) is 61.5 Å². The molecule has 0 atom stereocenters. The van der Waals surface area contributed by atoms with Crippen molar-refractivity contribution in [3.63, 3.8) is 0 Å². The molecule has 1 amide bonds. The summed E-state index contributed by atoms with van der Waals surface area (Å²) in [7, 11) is 0. The second kappa shape index (κ2) is 11.4. The fourth-order valence-electron chi connectivity index (χ4n) is 4.42. The van der Waals surface area contributed by atoms with Crippen molar-refractivity contribution < 1.29 is 9.53 Å². The molecule has 0 aliphatic carbocycles. The van der Waals surface area contributed by atoms with Crippen LogP contribution in [0.15, 0.2) is 59.4 Å². The van der Waals surface area contributed by atoms with Crippen molar-refractivity contribution in [2.45, 2.75) is 66.0 Å². The van der Waals surface area contributed by atoms with Crippen LogP contribution in [0, 0.1) is 6.92 Å². The number of benzene rings is 2. The van der Waals surface area contributed by atoms with E-state index in [9.17, 15) is 9.59 Å². The number of pyridine rings is 1. The first kappa shape index (κ1) is 26.8. The van der Waals surface area contributed by atoms with Gasteiger partial charge in [-0.3, -0.25) is 9.36 Å². The maximum absolute atomic E-state index is 14.1. The van der Waals surface area contributed by atoms with Crippen LogP contribution in [0.4, 0.5) is 4.79 Å². The number of H-pyrrole nitrogens is 1. The first-order valence-electron chi connectivity index (χ1n) is 12.8. The van der Waals surface area contributed by atoms with E-state index in [0.717, 1.165) is 52.9 Å². The highest BCUT2D eigenvalue weighted by Gasteiger charge is 2.21. The molecule has 0 saturated heterocycles. The highest BCUT2D eigenvalue weighted by Crippen LogP contribution is 2.34. The lowest BCUT2D eigenvalue weighted by atomic mass is 9.96. The largest absolute Gasteiger partial charge is 0.444 e. The molecule has 0 aliphatic heterocycles. The molecule has 198 valence electrons. The molecule has 0 aliphatic rings. The average molecular weight is 515 g/mol. The van der Waals surface area contributed by atoms with Crippen LogP contribution in [0.1, 0.15) is 57.4 Å². The minimum absolute atomic E-state index is 0.0647. The number of aromatic amines is 1. The summed E-state index contributed by atoms with van der Waals surface area (Å²) in [4.78, 5) is 26.4. The first-order valence-corrected chi connectivity index (χ1v) is 12.8. The molecule has 38 heavy (non-hydrogen) atoms. The van der Waals surface area contributed by atoms with Crippen molar-refractivity contribution in [3.8, 4) is 28.2 Å². The third-order valence-electron chi connectivity index (χ3n) is 6.15. The number of aromatic nitrogens is 5. The van der Waals surface area contributed by atoms with E-state index in [1.165, 1.54) is 0 Å². The van der Waals surface area contributed by atoms with E-state index in [1.54, 1.807) is 25.3 Å². The summed E-state index contributed by atoms with van der Waals surface area (Å²) in [6.07, 6.45) is 2.12. The van der Waals surface area contributed by atoms with Crippen molar-refractivity contribution in [2.24, 2.45) is 0 Å². The quantitative estimate of drug-likeness (QED) is 0.327. The number of ether oxygens (including phenoxy) is 1. The highest BCUT2D eigenvalue weighted by molar-refractivity contribution is 5.85. The Kier molecular flexibility index (Phi) is 8.05. The molecule has 0 bridgehead atoms. The molecule has 4 rings (SSSR count). The van der Waals surface area contributed by atoms with Gasteiger partial charge in [0.1, 0.15) is 5.60 Å². The summed E-state index contributed by atoms with van der Waals surface area (Å²) < 4.78 is 7.15. The van der Waals surface area contributed by atoms with Crippen LogP contribution >= 0.6 is 0 Å². The maximum Gasteiger partial charge on any atom is 0.407 e. The minimum Gasteiger partial charge on any atom is -0.444 e. The number of aryl methyl sites for hydroxylation is 2. The molecule has 4 aromatic rings.